The summed E-state index contributed by atoms with van der Waals surface area (Å²) in [5, 5.41) is 12.4. The van der Waals surface area contributed by atoms with Crippen molar-refractivity contribution in [2.75, 3.05) is 18.0 Å². The summed E-state index contributed by atoms with van der Waals surface area (Å²) < 4.78 is 4.99. The zero-order valence-electron chi connectivity index (χ0n) is 21.0. The molecule has 2 aromatic carbocycles. The molecule has 4 aromatic rings. The molecule has 0 radical (unpaired) electrons. The van der Waals surface area contributed by atoms with Crippen molar-refractivity contribution in [1.29, 1.82) is 0 Å². The van der Waals surface area contributed by atoms with E-state index in [0.29, 0.717) is 11.5 Å². The highest BCUT2D eigenvalue weighted by atomic mass is 16.4. The van der Waals surface area contributed by atoms with Crippen LogP contribution in [0.2, 0.25) is 0 Å². The van der Waals surface area contributed by atoms with E-state index in [1.807, 2.05) is 12.1 Å². The molecule has 3 aliphatic rings. The highest BCUT2D eigenvalue weighted by Crippen LogP contribution is 2.47. The monoisotopic (exact) mass is 481 g/mol. The number of nitrogens with zero attached hydrogens (tertiary/aromatic N) is 3. The molecule has 2 aromatic heterocycles. The molecular weight excluding hydrogens is 446 g/mol. The molecule has 36 heavy (non-hydrogen) atoms. The van der Waals surface area contributed by atoms with Crippen LogP contribution in [-0.4, -0.2) is 33.3 Å². The van der Waals surface area contributed by atoms with Crippen molar-refractivity contribution in [1.82, 2.24) is 9.13 Å². The lowest BCUT2D eigenvalue weighted by molar-refractivity contribution is 0.0697. The number of anilines is 1. The summed E-state index contributed by atoms with van der Waals surface area (Å²) in [6, 6.07) is 12.7. The fraction of sp³-hybridized carbons (Fsp3) is 0.452. The van der Waals surface area contributed by atoms with Crippen LogP contribution in [0, 0.1) is 0 Å². The van der Waals surface area contributed by atoms with E-state index in [9.17, 15) is 9.90 Å². The van der Waals surface area contributed by atoms with Gasteiger partial charge in [0, 0.05) is 54.2 Å². The molecule has 7 rings (SSSR count). The van der Waals surface area contributed by atoms with Crippen LogP contribution in [0.5, 0.6) is 0 Å². The van der Waals surface area contributed by atoms with Gasteiger partial charge in [-0.05, 0) is 62.1 Å². The molecule has 1 N–H and O–H groups in total. The number of carboxylic acids is 1. The summed E-state index contributed by atoms with van der Waals surface area (Å²) in [5.74, 6) is -0.313. The lowest BCUT2D eigenvalue weighted by atomic mass is 9.81. The van der Waals surface area contributed by atoms with Gasteiger partial charge < -0.3 is 19.1 Å². The van der Waals surface area contributed by atoms with Crippen LogP contribution in [0.4, 0.5) is 5.69 Å². The average molecular weight is 482 g/mol. The highest BCUT2D eigenvalue weighted by Gasteiger charge is 2.30. The summed E-state index contributed by atoms with van der Waals surface area (Å²) in [7, 11) is 0. The third-order valence-electron chi connectivity index (χ3n) is 8.97. The molecule has 0 bridgehead atoms. The number of hydrogen-bond acceptors (Lipinski definition) is 2. The zero-order valence-corrected chi connectivity index (χ0v) is 21.0. The summed E-state index contributed by atoms with van der Waals surface area (Å²) in [6.45, 7) is 4.19. The molecule has 2 aliphatic heterocycles. The van der Waals surface area contributed by atoms with Crippen molar-refractivity contribution >= 4 is 33.5 Å². The van der Waals surface area contributed by atoms with Gasteiger partial charge in [0.05, 0.1) is 22.5 Å². The number of aromatic carboxylic acids is 1. The number of carboxylic acid groups (broad SMARTS) is 1. The van der Waals surface area contributed by atoms with Crippen LogP contribution in [-0.2, 0) is 13.1 Å². The van der Waals surface area contributed by atoms with Crippen LogP contribution < -0.4 is 4.90 Å². The minimum absolute atomic E-state index is 0.383. The lowest BCUT2D eigenvalue weighted by Gasteiger charge is -2.28. The molecule has 1 saturated heterocycles. The van der Waals surface area contributed by atoms with Crippen LogP contribution in [0.3, 0.4) is 0 Å². The van der Waals surface area contributed by atoms with Crippen LogP contribution in [0.25, 0.3) is 33.1 Å². The van der Waals surface area contributed by atoms with Crippen molar-refractivity contribution in [3.05, 3.63) is 53.7 Å². The first kappa shape index (κ1) is 22.0. The Balaban J connectivity index is 1.52. The van der Waals surface area contributed by atoms with Crippen LogP contribution >= 0.6 is 0 Å². The minimum atomic E-state index is -0.848. The number of carbonyl (C=O) groups is 1. The highest BCUT2D eigenvalue weighted by molar-refractivity contribution is 6.06. The number of para-hydroxylation sites is 1. The minimum Gasteiger partial charge on any atom is -0.478 e. The molecular formula is C31H35N3O2. The number of aryl methyl sites for hydroxylation is 2. The molecule has 1 aliphatic carbocycles. The smallest absolute Gasteiger partial charge is 0.335 e. The van der Waals surface area contributed by atoms with E-state index in [4.69, 9.17) is 0 Å². The van der Waals surface area contributed by atoms with Gasteiger partial charge in [0.25, 0.3) is 0 Å². The maximum Gasteiger partial charge on any atom is 0.335 e. The molecule has 0 spiro atoms. The zero-order chi connectivity index (χ0) is 24.2. The van der Waals surface area contributed by atoms with Gasteiger partial charge in [0.15, 0.2) is 0 Å². The fourth-order valence-electron chi connectivity index (χ4n) is 7.33. The van der Waals surface area contributed by atoms with E-state index in [1.54, 1.807) is 0 Å². The van der Waals surface area contributed by atoms with Gasteiger partial charge in [0.2, 0.25) is 0 Å². The van der Waals surface area contributed by atoms with Gasteiger partial charge in [-0.25, -0.2) is 4.79 Å². The molecule has 0 amide bonds. The van der Waals surface area contributed by atoms with Gasteiger partial charge in [0.1, 0.15) is 0 Å². The second-order valence-corrected chi connectivity index (χ2v) is 11.1. The Morgan fingerprint density at radius 2 is 1.64 bits per heavy atom. The van der Waals surface area contributed by atoms with Crippen molar-refractivity contribution in [2.45, 2.75) is 76.8 Å². The summed E-state index contributed by atoms with van der Waals surface area (Å²) in [5.41, 5.74) is 8.36. The van der Waals surface area contributed by atoms with Crippen LogP contribution in [0.15, 0.2) is 42.6 Å². The lowest BCUT2D eigenvalue weighted by Crippen LogP contribution is -2.29. The largest absolute Gasteiger partial charge is 0.478 e. The third-order valence-corrected chi connectivity index (χ3v) is 8.97. The van der Waals surface area contributed by atoms with Gasteiger partial charge in [-0.15, -0.1) is 0 Å². The number of hydrogen-bond donors (Lipinski definition) is 1. The van der Waals surface area contributed by atoms with Gasteiger partial charge in [-0.1, -0.05) is 43.5 Å². The first-order valence-electron chi connectivity index (χ1n) is 14.0. The summed E-state index contributed by atoms with van der Waals surface area (Å²) in [4.78, 5) is 14.5. The second-order valence-electron chi connectivity index (χ2n) is 11.1. The summed E-state index contributed by atoms with van der Waals surface area (Å²) >= 11 is 0. The van der Waals surface area contributed by atoms with E-state index < -0.39 is 5.97 Å². The van der Waals surface area contributed by atoms with E-state index in [2.05, 4.69) is 44.5 Å². The molecule has 0 atom stereocenters. The number of aromatic nitrogens is 2. The Kier molecular flexibility index (Phi) is 5.33. The van der Waals surface area contributed by atoms with Crippen molar-refractivity contribution in [3.8, 4) is 11.3 Å². The second kappa shape index (κ2) is 8.72. The van der Waals surface area contributed by atoms with E-state index >= 15 is 0 Å². The predicted octanol–water partition coefficient (Wildman–Crippen LogP) is 7.40. The summed E-state index contributed by atoms with van der Waals surface area (Å²) in [6.07, 6.45) is 13.7. The Bertz CT molecular complexity index is 1460. The van der Waals surface area contributed by atoms with Gasteiger partial charge in [-0.3, -0.25) is 0 Å². The van der Waals surface area contributed by atoms with E-state index in [0.717, 1.165) is 38.1 Å². The number of benzene rings is 2. The Hall–Kier alpha value is -3.21. The van der Waals surface area contributed by atoms with Gasteiger partial charge >= 0.3 is 5.97 Å². The SMILES string of the molecule is O=C(O)c1ccc2c(C3CCCCC3)c3n(c2c1)CCCn1cc(N2CCCCC2)c2cccc-3c21. The topological polar surface area (TPSA) is 50.4 Å². The number of rotatable bonds is 3. The maximum atomic E-state index is 11.9. The standard InChI is InChI=1S/C31H35N3O2/c35-31(36)22-13-14-23-26(19-22)34-18-8-17-33-20-27(32-15-5-2-6-16-32)24-11-7-12-25(29(24)33)30(34)28(23)21-9-3-1-4-10-21/h7,11-14,19-21H,1-6,8-10,15-18H2,(H,35,36). The van der Waals surface area contributed by atoms with E-state index in [-0.39, 0.29) is 0 Å². The van der Waals surface area contributed by atoms with Crippen molar-refractivity contribution in [2.24, 2.45) is 0 Å². The van der Waals surface area contributed by atoms with E-state index in [1.165, 1.54) is 90.2 Å². The Labute approximate surface area is 212 Å². The first-order valence-corrected chi connectivity index (χ1v) is 14.0. The molecule has 0 unspecified atom stereocenters. The molecule has 1 saturated carbocycles. The molecule has 186 valence electrons. The fourth-order valence-corrected chi connectivity index (χ4v) is 7.33. The quantitative estimate of drug-likeness (QED) is 0.332. The third kappa shape index (κ3) is 3.39. The van der Waals surface area contributed by atoms with Crippen molar-refractivity contribution < 1.29 is 9.90 Å². The van der Waals surface area contributed by atoms with Gasteiger partial charge in [-0.2, -0.15) is 0 Å². The van der Waals surface area contributed by atoms with Crippen LogP contribution in [0.1, 0.15) is 79.6 Å². The Morgan fingerprint density at radius 1 is 0.833 bits per heavy atom. The Morgan fingerprint density at radius 3 is 2.44 bits per heavy atom. The molecule has 5 nitrogen and oxygen atoms in total. The normalized spacial score (nSPS) is 18.8. The number of piperidine rings is 1. The van der Waals surface area contributed by atoms with Crippen molar-refractivity contribution in [3.63, 3.8) is 0 Å². The molecule has 4 heterocycles. The maximum absolute atomic E-state index is 11.9. The number of fused-ring (bicyclic) bond motifs is 4. The molecule has 5 heteroatoms. The first-order chi connectivity index (χ1) is 17.7. The average Bonchev–Trinajstić information content (AvgIpc) is 3.44. The predicted molar refractivity (Wildman–Crippen MR) is 146 cm³/mol. The molecule has 2 fully saturated rings.